The van der Waals surface area contributed by atoms with Gasteiger partial charge in [-0.15, -0.1) is 0 Å². The molecule has 0 bridgehead atoms. The van der Waals surface area contributed by atoms with E-state index in [1.165, 1.54) is 23.1 Å². The Labute approximate surface area is 128 Å². The van der Waals surface area contributed by atoms with Gasteiger partial charge in [0.15, 0.2) is 0 Å². The molecule has 1 rings (SSSR count). The first-order chi connectivity index (χ1) is 8.91. The first-order valence-corrected chi connectivity index (χ1v) is 8.61. The number of aryl methyl sites for hydroxylation is 3. The fourth-order valence-electron chi connectivity index (χ4n) is 2.54. The average Bonchev–Trinajstić information content (AvgIpc) is 2.44. The summed E-state index contributed by atoms with van der Waals surface area (Å²) in [5.41, 5.74) is 6.38. The average molecular weight is 325 g/mol. The van der Waals surface area contributed by atoms with Crippen LogP contribution in [0.15, 0.2) is 12.1 Å². The van der Waals surface area contributed by atoms with Gasteiger partial charge in [-0.2, -0.15) is 0 Å². The van der Waals surface area contributed by atoms with Crippen molar-refractivity contribution >= 4 is 15.9 Å². The Morgan fingerprint density at radius 3 is 1.74 bits per heavy atom. The summed E-state index contributed by atoms with van der Waals surface area (Å²) < 4.78 is 0. The molecule has 0 N–H and O–H groups in total. The molecule has 1 unspecified atom stereocenters. The van der Waals surface area contributed by atoms with E-state index in [0.717, 1.165) is 19.3 Å². The Balaban J connectivity index is 3.39. The predicted octanol–water partition coefficient (Wildman–Crippen LogP) is 6.25. The van der Waals surface area contributed by atoms with Crippen LogP contribution in [-0.4, -0.2) is 0 Å². The lowest BCUT2D eigenvalue weighted by Gasteiger charge is -2.32. The maximum absolute atomic E-state index is 4.00. The van der Waals surface area contributed by atoms with E-state index in [9.17, 15) is 0 Å². The Kier molecular flexibility index (Phi) is 6.11. The Hall–Kier alpha value is -0.300. The summed E-state index contributed by atoms with van der Waals surface area (Å²) in [5, 5.41) is 0. The summed E-state index contributed by atoms with van der Waals surface area (Å²) >= 11 is 4.00. The number of hydrogen-bond acceptors (Lipinski definition) is 0. The molecule has 1 atom stereocenters. The van der Waals surface area contributed by atoms with Crippen LogP contribution in [0.2, 0.25) is 0 Å². The Bertz CT molecular complexity index is 393. The van der Waals surface area contributed by atoms with Crippen molar-refractivity contribution in [1.29, 1.82) is 0 Å². The van der Waals surface area contributed by atoms with Gasteiger partial charge in [0, 0.05) is 4.83 Å². The molecule has 0 aliphatic heterocycles. The molecule has 0 aromatic heterocycles. The number of alkyl halides is 1. The third kappa shape index (κ3) is 3.62. The lowest BCUT2D eigenvalue weighted by molar-refractivity contribution is 0.344. The summed E-state index contributed by atoms with van der Waals surface area (Å²) in [7, 11) is 0. The van der Waals surface area contributed by atoms with Crippen molar-refractivity contribution in [2.75, 3.05) is 0 Å². The molecular formula is C18H29Br. The van der Waals surface area contributed by atoms with E-state index in [1.54, 1.807) is 5.56 Å². The first kappa shape index (κ1) is 16.8. The van der Waals surface area contributed by atoms with Crippen molar-refractivity contribution in [1.82, 2.24) is 0 Å². The summed E-state index contributed by atoms with van der Waals surface area (Å²) in [4.78, 5) is 0.445. The van der Waals surface area contributed by atoms with E-state index in [2.05, 4.69) is 69.6 Å². The third-order valence-corrected chi connectivity index (χ3v) is 6.13. The van der Waals surface area contributed by atoms with Crippen molar-refractivity contribution in [3.8, 4) is 0 Å². The lowest BCUT2D eigenvalue weighted by Crippen LogP contribution is -2.19. The molecule has 0 nitrogen and oxygen atoms in total. The zero-order chi connectivity index (χ0) is 14.6. The van der Waals surface area contributed by atoms with E-state index in [0.29, 0.717) is 10.2 Å². The number of hydrogen-bond donors (Lipinski definition) is 0. The minimum Gasteiger partial charge on any atom is -0.0833 e. The predicted molar refractivity (Wildman–Crippen MR) is 90.3 cm³/mol. The Morgan fingerprint density at radius 2 is 1.42 bits per heavy atom. The summed E-state index contributed by atoms with van der Waals surface area (Å²) in [6.07, 6.45) is 4.56. The molecule has 19 heavy (non-hydrogen) atoms. The smallest absolute Gasteiger partial charge is 0.0451 e. The zero-order valence-electron chi connectivity index (χ0n) is 13.4. The molecule has 0 saturated carbocycles. The quantitative estimate of drug-likeness (QED) is 0.543. The SMILES string of the molecule is CCc1cc(CC)c(C(Br)C(C)(C)CC)c(CC)c1. The number of rotatable bonds is 6. The van der Waals surface area contributed by atoms with Crippen LogP contribution in [0, 0.1) is 5.41 Å². The molecule has 0 saturated heterocycles. The minimum absolute atomic E-state index is 0.293. The second-order valence-electron chi connectivity index (χ2n) is 6.09. The lowest BCUT2D eigenvalue weighted by atomic mass is 9.79. The van der Waals surface area contributed by atoms with E-state index in [4.69, 9.17) is 0 Å². The highest BCUT2D eigenvalue weighted by molar-refractivity contribution is 9.09. The van der Waals surface area contributed by atoms with Gasteiger partial charge in [0.2, 0.25) is 0 Å². The molecule has 1 heteroatoms. The molecule has 1 aromatic carbocycles. The molecule has 0 fully saturated rings. The van der Waals surface area contributed by atoms with Gasteiger partial charge in [-0.05, 0) is 53.4 Å². The number of halogens is 1. The van der Waals surface area contributed by atoms with Gasteiger partial charge >= 0.3 is 0 Å². The topological polar surface area (TPSA) is 0 Å². The third-order valence-electron chi connectivity index (χ3n) is 4.43. The largest absolute Gasteiger partial charge is 0.0833 e. The molecule has 0 heterocycles. The highest BCUT2D eigenvalue weighted by Crippen LogP contribution is 2.45. The van der Waals surface area contributed by atoms with Crippen molar-refractivity contribution in [2.24, 2.45) is 5.41 Å². The van der Waals surface area contributed by atoms with Crippen LogP contribution < -0.4 is 0 Å². The van der Waals surface area contributed by atoms with Crippen LogP contribution in [-0.2, 0) is 19.3 Å². The minimum atomic E-state index is 0.293. The maximum atomic E-state index is 4.00. The van der Waals surface area contributed by atoms with Gasteiger partial charge in [0.1, 0.15) is 0 Å². The zero-order valence-corrected chi connectivity index (χ0v) is 15.0. The first-order valence-electron chi connectivity index (χ1n) is 7.69. The fraction of sp³-hybridized carbons (Fsp3) is 0.667. The molecule has 0 aliphatic carbocycles. The molecule has 1 aromatic rings. The number of benzene rings is 1. The van der Waals surface area contributed by atoms with E-state index in [1.807, 2.05) is 0 Å². The van der Waals surface area contributed by atoms with Gasteiger partial charge in [-0.3, -0.25) is 0 Å². The van der Waals surface area contributed by atoms with Crippen LogP contribution >= 0.6 is 15.9 Å². The van der Waals surface area contributed by atoms with Crippen LogP contribution in [0.4, 0.5) is 0 Å². The summed E-state index contributed by atoms with van der Waals surface area (Å²) in [6, 6.07) is 4.82. The van der Waals surface area contributed by atoms with Crippen molar-refractivity contribution in [3.05, 3.63) is 34.4 Å². The van der Waals surface area contributed by atoms with Crippen molar-refractivity contribution in [3.63, 3.8) is 0 Å². The Morgan fingerprint density at radius 1 is 0.947 bits per heavy atom. The van der Waals surface area contributed by atoms with Crippen molar-refractivity contribution in [2.45, 2.75) is 72.1 Å². The van der Waals surface area contributed by atoms with E-state index >= 15 is 0 Å². The fourth-order valence-corrected chi connectivity index (χ4v) is 3.45. The molecule has 0 spiro atoms. The van der Waals surface area contributed by atoms with Gasteiger partial charge in [0.05, 0.1) is 0 Å². The molecule has 108 valence electrons. The van der Waals surface area contributed by atoms with E-state index < -0.39 is 0 Å². The van der Waals surface area contributed by atoms with Crippen LogP contribution in [0.5, 0.6) is 0 Å². The van der Waals surface area contributed by atoms with Gasteiger partial charge in [-0.1, -0.05) is 69.6 Å². The van der Waals surface area contributed by atoms with Crippen LogP contribution in [0.25, 0.3) is 0 Å². The summed E-state index contributed by atoms with van der Waals surface area (Å²) in [5.74, 6) is 0. The maximum Gasteiger partial charge on any atom is 0.0451 e. The van der Waals surface area contributed by atoms with Crippen molar-refractivity contribution < 1.29 is 0 Å². The second kappa shape index (κ2) is 6.92. The second-order valence-corrected chi connectivity index (χ2v) is 7.01. The van der Waals surface area contributed by atoms with Gasteiger partial charge < -0.3 is 0 Å². The van der Waals surface area contributed by atoms with Gasteiger partial charge in [0.25, 0.3) is 0 Å². The van der Waals surface area contributed by atoms with Crippen LogP contribution in [0.1, 0.15) is 75.0 Å². The van der Waals surface area contributed by atoms with E-state index in [-0.39, 0.29) is 0 Å². The molecular weight excluding hydrogens is 296 g/mol. The standard InChI is InChI=1S/C18H29Br/c1-7-13-11-14(8-2)16(15(9-3)12-13)17(19)18(5,6)10-4/h11-12,17H,7-10H2,1-6H3. The summed E-state index contributed by atoms with van der Waals surface area (Å²) in [6.45, 7) is 13.8. The molecule has 0 amide bonds. The molecule has 0 radical (unpaired) electrons. The molecule has 0 aliphatic rings. The highest BCUT2D eigenvalue weighted by Gasteiger charge is 2.29. The van der Waals surface area contributed by atoms with Gasteiger partial charge in [-0.25, -0.2) is 0 Å². The highest BCUT2D eigenvalue weighted by atomic mass is 79.9. The normalized spacial score (nSPS) is 13.6. The van der Waals surface area contributed by atoms with Crippen LogP contribution in [0.3, 0.4) is 0 Å². The monoisotopic (exact) mass is 324 g/mol.